The Hall–Kier alpha value is -1.22. The van der Waals surface area contributed by atoms with Crippen LogP contribution >= 0.6 is 0 Å². The first-order valence-corrected chi connectivity index (χ1v) is 5.14. The maximum Gasteiger partial charge on any atom is 0.163 e. The molecule has 0 aromatic heterocycles. The fourth-order valence-electron chi connectivity index (χ4n) is 1.53. The summed E-state index contributed by atoms with van der Waals surface area (Å²) in [7, 11) is 3.31. The molecule has 3 heteroatoms. The normalized spacial score (nSPS) is 12.3. The smallest absolute Gasteiger partial charge is 0.163 e. The van der Waals surface area contributed by atoms with Crippen LogP contribution in [0.2, 0.25) is 0 Å². The average molecular weight is 209 g/mol. The third kappa shape index (κ3) is 3.13. The van der Waals surface area contributed by atoms with Crippen LogP contribution in [0.1, 0.15) is 18.9 Å². The highest BCUT2D eigenvalue weighted by Crippen LogP contribution is 2.31. The van der Waals surface area contributed by atoms with Gasteiger partial charge in [-0.05, 0) is 31.4 Å². The molecule has 0 radical (unpaired) electrons. The Morgan fingerprint density at radius 1 is 1.27 bits per heavy atom. The van der Waals surface area contributed by atoms with Crippen molar-refractivity contribution in [3.8, 4) is 11.5 Å². The first-order valence-electron chi connectivity index (χ1n) is 5.14. The van der Waals surface area contributed by atoms with Crippen LogP contribution in [0.3, 0.4) is 0 Å². The minimum absolute atomic E-state index is 0.209. The van der Waals surface area contributed by atoms with Crippen LogP contribution in [0.15, 0.2) is 18.2 Å². The van der Waals surface area contributed by atoms with Gasteiger partial charge < -0.3 is 15.2 Å². The summed E-state index contributed by atoms with van der Waals surface area (Å²) >= 11 is 0. The Morgan fingerprint density at radius 2 is 2.00 bits per heavy atom. The number of aryl methyl sites for hydroxylation is 1. The van der Waals surface area contributed by atoms with E-state index in [-0.39, 0.29) is 6.04 Å². The second-order valence-corrected chi connectivity index (χ2v) is 3.67. The molecule has 0 saturated heterocycles. The van der Waals surface area contributed by atoms with Gasteiger partial charge in [0.25, 0.3) is 0 Å². The maximum atomic E-state index is 5.73. The van der Waals surface area contributed by atoms with Crippen molar-refractivity contribution in [3.05, 3.63) is 23.8 Å². The molecule has 0 spiro atoms. The molecule has 1 rings (SSSR count). The fourth-order valence-corrected chi connectivity index (χ4v) is 1.53. The first-order chi connectivity index (χ1) is 7.19. The zero-order valence-electron chi connectivity index (χ0n) is 9.62. The molecule has 15 heavy (non-hydrogen) atoms. The molecule has 0 saturated carbocycles. The van der Waals surface area contributed by atoms with Gasteiger partial charge in [-0.1, -0.05) is 12.1 Å². The molecule has 1 aromatic rings. The van der Waals surface area contributed by atoms with Crippen LogP contribution in [-0.4, -0.2) is 20.3 Å². The van der Waals surface area contributed by atoms with Crippen LogP contribution in [0.4, 0.5) is 0 Å². The second kappa shape index (κ2) is 5.61. The van der Waals surface area contributed by atoms with Crippen molar-refractivity contribution in [1.82, 2.24) is 0 Å². The number of ether oxygens (including phenoxy) is 2. The van der Waals surface area contributed by atoms with Gasteiger partial charge in [0.2, 0.25) is 0 Å². The van der Waals surface area contributed by atoms with Gasteiger partial charge in [-0.25, -0.2) is 0 Å². The summed E-state index contributed by atoms with van der Waals surface area (Å²) in [5, 5.41) is 0. The largest absolute Gasteiger partial charge is 0.493 e. The van der Waals surface area contributed by atoms with Crippen molar-refractivity contribution in [2.75, 3.05) is 14.2 Å². The Labute approximate surface area is 91.2 Å². The van der Waals surface area contributed by atoms with Crippen molar-refractivity contribution < 1.29 is 9.47 Å². The van der Waals surface area contributed by atoms with E-state index in [0.717, 1.165) is 29.9 Å². The molecule has 84 valence electrons. The molecule has 0 bridgehead atoms. The summed E-state index contributed by atoms with van der Waals surface area (Å²) in [6, 6.07) is 6.12. The third-order valence-electron chi connectivity index (χ3n) is 2.35. The van der Waals surface area contributed by atoms with Crippen molar-refractivity contribution in [3.63, 3.8) is 0 Å². The summed E-state index contributed by atoms with van der Waals surface area (Å²) in [6.07, 6.45) is 1.86. The molecule has 1 atom stereocenters. The predicted molar refractivity (Wildman–Crippen MR) is 61.5 cm³/mol. The summed E-state index contributed by atoms with van der Waals surface area (Å²) in [5.41, 5.74) is 6.88. The summed E-state index contributed by atoms with van der Waals surface area (Å²) in [5.74, 6) is 1.60. The zero-order valence-corrected chi connectivity index (χ0v) is 9.62. The molecule has 0 aliphatic rings. The lowest BCUT2D eigenvalue weighted by atomic mass is 10.1. The first kappa shape index (κ1) is 11.9. The van der Waals surface area contributed by atoms with E-state index >= 15 is 0 Å². The van der Waals surface area contributed by atoms with Gasteiger partial charge in [-0.3, -0.25) is 0 Å². The van der Waals surface area contributed by atoms with Crippen LogP contribution < -0.4 is 15.2 Å². The number of hydrogen-bond acceptors (Lipinski definition) is 3. The number of methoxy groups -OCH3 is 2. The van der Waals surface area contributed by atoms with Crippen LogP contribution in [0.25, 0.3) is 0 Å². The molecule has 0 aliphatic carbocycles. The highest BCUT2D eigenvalue weighted by molar-refractivity contribution is 5.46. The molecule has 2 N–H and O–H groups in total. The van der Waals surface area contributed by atoms with Gasteiger partial charge >= 0.3 is 0 Å². The van der Waals surface area contributed by atoms with Gasteiger partial charge in [0, 0.05) is 6.04 Å². The lowest BCUT2D eigenvalue weighted by Crippen LogP contribution is -2.15. The standard InChI is InChI=1S/C12H19NO2/c1-9(13)7-8-10-5-4-6-11(14-2)12(10)15-3/h4-6,9H,7-8,13H2,1-3H3/t9-/m0/s1. The highest BCUT2D eigenvalue weighted by Gasteiger charge is 2.09. The van der Waals surface area contributed by atoms with E-state index in [0.29, 0.717) is 0 Å². The summed E-state index contributed by atoms with van der Waals surface area (Å²) in [4.78, 5) is 0. The van der Waals surface area contributed by atoms with Crippen LogP contribution in [-0.2, 0) is 6.42 Å². The molecular weight excluding hydrogens is 190 g/mol. The molecular formula is C12H19NO2. The van der Waals surface area contributed by atoms with Gasteiger partial charge in [0.1, 0.15) is 0 Å². The quantitative estimate of drug-likeness (QED) is 0.806. The number of benzene rings is 1. The monoisotopic (exact) mass is 209 g/mol. The van der Waals surface area contributed by atoms with Crippen LogP contribution in [0, 0.1) is 0 Å². The third-order valence-corrected chi connectivity index (χ3v) is 2.35. The number of hydrogen-bond donors (Lipinski definition) is 1. The van der Waals surface area contributed by atoms with Crippen molar-refractivity contribution in [2.24, 2.45) is 5.73 Å². The predicted octanol–water partition coefficient (Wildman–Crippen LogP) is 1.98. The van der Waals surface area contributed by atoms with Crippen LogP contribution in [0.5, 0.6) is 11.5 Å². The lowest BCUT2D eigenvalue weighted by Gasteiger charge is -2.13. The van der Waals surface area contributed by atoms with Gasteiger partial charge in [0.05, 0.1) is 14.2 Å². The number of nitrogens with two attached hydrogens (primary N) is 1. The van der Waals surface area contributed by atoms with Crippen molar-refractivity contribution in [1.29, 1.82) is 0 Å². The van der Waals surface area contributed by atoms with E-state index in [1.807, 2.05) is 25.1 Å². The SMILES string of the molecule is COc1cccc(CC[C@H](C)N)c1OC. The maximum absolute atomic E-state index is 5.73. The number of para-hydroxylation sites is 1. The van der Waals surface area contributed by atoms with E-state index in [1.54, 1.807) is 14.2 Å². The van der Waals surface area contributed by atoms with Crippen molar-refractivity contribution >= 4 is 0 Å². The minimum atomic E-state index is 0.209. The Bertz CT molecular complexity index is 310. The van der Waals surface area contributed by atoms with E-state index in [1.165, 1.54) is 0 Å². The molecule has 0 unspecified atom stereocenters. The van der Waals surface area contributed by atoms with E-state index in [9.17, 15) is 0 Å². The average Bonchev–Trinajstić information content (AvgIpc) is 2.25. The molecule has 3 nitrogen and oxygen atoms in total. The highest BCUT2D eigenvalue weighted by atomic mass is 16.5. The van der Waals surface area contributed by atoms with E-state index in [4.69, 9.17) is 15.2 Å². The molecule has 1 aromatic carbocycles. The summed E-state index contributed by atoms with van der Waals surface area (Å²) in [6.45, 7) is 2.01. The molecule has 0 heterocycles. The van der Waals surface area contributed by atoms with Gasteiger partial charge in [-0.2, -0.15) is 0 Å². The van der Waals surface area contributed by atoms with E-state index in [2.05, 4.69) is 0 Å². The van der Waals surface area contributed by atoms with Gasteiger partial charge in [0.15, 0.2) is 11.5 Å². The molecule has 0 aliphatic heterocycles. The second-order valence-electron chi connectivity index (χ2n) is 3.67. The summed E-state index contributed by atoms with van der Waals surface area (Å²) < 4.78 is 10.6. The fraction of sp³-hybridized carbons (Fsp3) is 0.500. The molecule has 0 amide bonds. The Kier molecular flexibility index (Phi) is 4.43. The van der Waals surface area contributed by atoms with Crippen molar-refractivity contribution in [2.45, 2.75) is 25.8 Å². The molecule has 0 fully saturated rings. The van der Waals surface area contributed by atoms with E-state index < -0.39 is 0 Å². The lowest BCUT2D eigenvalue weighted by molar-refractivity contribution is 0.351. The Morgan fingerprint density at radius 3 is 2.53 bits per heavy atom. The van der Waals surface area contributed by atoms with Gasteiger partial charge in [-0.15, -0.1) is 0 Å². The number of rotatable bonds is 5. The minimum Gasteiger partial charge on any atom is -0.493 e. The zero-order chi connectivity index (χ0) is 11.3. The Balaban J connectivity index is 2.86. The topological polar surface area (TPSA) is 44.5 Å².